The van der Waals surface area contributed by atoms with Crippen LogP contribution in [0.4, 0.5) is 0 Å². The fraction of sp³-hybridized carbons (Fsp3) is 0.438. The molecule has 0 radical (unpaired) electrons. The number of amides is 1. The molecule has 2 aromatic heterocycles. The van der Waals surface area contributed by atoms with E-state index >= 15 is 0 Å². The summed E-state index contributed by atoms with van der Waals surface area (Å²) in [5.41, 5.74) is -0.0125. The second kappa shape index (κ2) is 7.29. The first kappa shape index (κ1) is 16.9. The molecule has 0 spiro atoms. The van der Waals surface area contributed by atoms with Gasteiger partial charge in [0.2, 0.25) is 11.8 Å². The highest BCUT2D eigenvalue weighted by molar-refractivity contribution is 5.92. The van der Waals surface area contributed by atoms with Crippen molar-refractivity contribution < 1.29 is 14.3 Å². The van der Waals surface area contributed by atoms with E-state index in [2.05, 4.69) is 15.3 Å². The van der Waals surface area contributed by atoms with Gasteiger partial charge in [0.1, 0.15) is 11.8 Å². The molecule has 0 saturated carbocycles. The minimum Gasteiger partial charge on any atom is -0.480 e. The SMILES string of the molecule is COc1ccc(OC2CCCN(C(=O)c3ccc(=O)n(C)n3)C2)nn1. The van der Waals surface area contributed by atoms with Crippen molar-refractivity contribution in [3.05, 3.63) is 40.3 Å². The van der Waals surface area contributed by atoms with E-state index in [4.69, 9.17) is 9.47 Å². The summed E-state index contributed by atoms with van der Waals surface area (Å²) in [7, 11) is 3.03. The van der Waals surface area contributed by atoms with Gasteiger partial charge in [-0.3, -0.25) is 9.59 Å². The van der Waals surface area contributed by atoms with Gasteiger partial charge >= 0.3 is 0 Å². The van der Waals surface area contributed by atoms with Gasteiger partial charge in [-0.2, -0.15) is 5.10 Å². The van der Waals surface area contributed by atoms with Crippen LogP contribution >= 0.6 is 0 Å². The second-order valence-electron chi connectivity index (χ2n) is 5.73. The van der Waals surface area contributed by atoms with Crippen LogP contribution in [0.25, 0.3) is 0 Å². The van der Waals surface area contributed by atoms with E-state index in [1.807, 2.05) is 0 Å². The summed E-state index contributed by atoms with van der Waals surface area (Å²) >= 11 is 0. The van der Waals surface area contributed by atoms with Crippen molar-refractivity contribution in [3.8, 4) is 11.8 Å². The zero-order valence-corrected chi connectivity index (χ0v) is 14.1. The lowest BCUT2D eigenvalue weighted by Gasteiger charge is -2.32. The molecule has 0 aliphatic carbocycles. The first-order valence-corrected chi connectivity index (χ1v) is 7.95. The molecule has 3 heterocycles. The molecule has 1 amide bonds. The number of hydrogen-bond acceptors (Lipinski definition) is 7. The van der Waals surface area contributed by atoms with Crippen LogP contribution in [-0.4, -0.2) is 57.1 Å². The molecule has 2 aromatic rings. The van der Waals surface area contributed by atoms with Crippen molar-refractivity contribution in [2.75, 3.05) is 20.2 Å². The van der Waals surface area contributed by atoms with Gasteiger partial charge in [-0.1, -0.05) is 0 Å². The quantitative estimate of drug-likeness (QED) is 0.784. The van der Waals surface area contributed by atoms with Gasteiger partial charge in [0, 0.05) is 31.8 Å². The Bertz CT molecular complexity index is 805. The second-order valence-corrected chi connectivity index (χ2v) is 5.73. The van der Waals surface area contributed by atoms with Crippen LogP contribution in [0, 0.1) is 0 Å². The number of ether oxygens (including phenoxy) is 2. The maximum Gasteiger partial charge on any atom is 0.274 e. The number of hydrogen-bond donors (Lipinski definition) is 0. The van der Waals surface area contributed by atoms with Crippen LogP contribution in [0.15, 0.2) is 29.1 Å². The van der Waals surface area contributed by atoms with E-state index in [1.165, 1.54) is 26.3 Å². The zero-order valence-electron chi connectivity index (χ0n) is 14.1. The number of carbonyl (C=O) groups excluding carboxylic acids is 1. The predicted octanol–water partition coefficient (Wildman–Crippen LogP) is 0.262. The van der Waals surface area contributed by atoms with Gasteiger partial charge in [0.15, 0.2) is 0 Å². The third-order valence-corrected chi connectivity index (χ3v) is 3.96. The number of piperidine rings is 1. The maximum atomic E-state index is 12.6. The minimum atomic E-state index is -0.255. The number of rotatable bonds is 4. The van der Waals surface area contributed by atoms with Crippen molar-refractivity contribution >= 4 is 5.91 Å². The fourth-order valence-electron chi connectivity index (χ4n) is 2.65. The molecule has 1 saturated heterocycles. The summed E-state index contributed by atoms with van der Waals surface area (Å²) in [6.07, 6.45) is 1.46. The van der Waals surface area contributed by atoms with E-state index in [-0.39, 0.29) is 23.3 Å². The summed E-state index contributed by atoms with van der Waals surface area (Å²) in [4.78, 5) is 25.7. The number of methoxy groups -OCH3 is 1. The smallest absolute Gasteiger partial charge is 0.274 e. The molecule has 1 fully saturated rings. The molecular formula is C16H19N5O4. The van der Waals surface area contributed by atoms with Crippen LogP contribution in [0.3, 0.4) is 0 Å². The molecule has 9 nitrogen and oxygen atoms in total. The average Bonchev–Trinajstić information content (AvgIpc) is 2.64. The van der Waals surface area contributed by atoms with Gasteiger partial charge in [0.25, 0.3) is 11.5 Å². The first-order valence-electron chi connectivity index (χ1n) is 7.95. The first-order chi connectivity index (χ1) is 12.1. The summed E-state index contributed by atoms with van der Waals surface area (Å²) in [5, 5.41) is 11.8. The number of carbonyl (C=O) groups is 1. The van der Waals surface area contributed by atoms with Crippen LogP contribution in [0.5, 0.6) is 11.8 Å². The molecular weight excluding hydrogens is 326 g/mol. The fourth-order valence-corrected chi connectivity index (χ4v) is 2.65. The molecule has 25 heavy (non-hydrogen) atoms. The summed E-state index contributed by atoms with van der Waals surface area (Å²) in [6.45, 7) is 1.05. The van der Waals surface area contributed by atoms with Gasteiger partial charge in [-0.05, 0) is 18.9 Å². The van der Waals surface area contributed by atoms with E-state index in [9.17, 15) is 9.59 Å². The largest absolute Gasteiger partial charge is 0.480 e. The Labute approximate surface area is 144 Å². The molecule has 3 rings (SSSR count). The highest BCUT2D eigenvalue weighted by Crippen LogP contribution is 2.18. The highest BCUT2D eigenvalue weighted by Gasteiger charge is 2.27. The lowest BCUT2D eigenvalue weighted by Crippen LogP contribution is -2.45. The lowest BCUT2D eigenvalue weighted by atomic mass is 10.1. The Morgan fingerprint density at radius 3 is 2.64 bits per heavy atom. The normalized spacial score (nSPS) is 17.2. The van der Waals surface area contributed by atoms with Crippen LogP contribution in [0.2, 0.25) is 0 Å². The van der Waals surface area contributed by atoms with Gasteiger partial charge in [-0.15, -0.1) is 10.2 Å². The third kappa shape index (κ3) is 3.93. The summed E-state index contributed by atoms with van der Waals surface area (Å²) < 4.78 is 11.9. The Morgan fingerprint density at radius 2 is 1.96 bits per heavy atom. The van der Waals surface area contributed by atoms with Crippen LogP contribution < -0.4 is 15.0 Å². The predicted molar refractivity (Wildman–Crippen MR) is 87.6 cm³/mol. The lowest BCUT2D eigenvalue weighted by molar-refractivity contribution is 0.0518. The average molecular weight is 345 g/mol. The van der Waals surface area contributed by atoms with Gasteiger partial charge < -0.3 is 14.4 Å². The van der Waals surface area contributed by atoms with Crippen molar-refractivity contribution in [3.63, 3.8) is 0 Å². The molecule has 0 bridgehead atoms. The van der Waals surface area contributed by atoms with Gasteiger partial charge in [-0.25, -0.2) is 4.68 Å². The molecule has 1 atom stereocenters. The van der Waals surface area contributed by atoms with E-state index in [0.717, 1.165) is 17.5 Å². The summed E-state index contributed by atoms with van der Waals surface area (Å²) in [5.74, 6) is 0.582. The van der Waals surface area contributed by atoms with Crippen molar-refractivity contribution in [2.24, 2.45) is 7.05 Å². The Morgan fingerprint density at radius 1 is 1.20 bits per heavy atom. The zero-order chi connectivity index (χ0) is 17.8. The number of likely N-dealkylation sites (tertiary alicyclic amines) is 1. The molecule has 1 unspecified atom stereocenters. The van der Waals surface area contributed by atoms with Crippen molar-refractivity contribution in [1.82, 2.24) is 24.9 Å². The van der Waals surface area contributed by atoms with Crippen molar-refractivity contribution in [1.29, 1.82) is 0 Å². The molecule has 1 aliphatic heterocycles. The number of nitrogens with zero attached hydrogens (tertiary/aromatic N) is 5. The van der Waals surface area contributed by atoms with Crippen LogP contribution in [0.1, 0.15) is 23.3 Å². The number of aryl methyl sites for hydroxylation is 1. The van der Waals surface area contributed by atoms with Gasteiger partial charge in [0.05, 0.1) is 13.7 Å². The Hall–Kier alpha value is -2.97. The monoisotopic (exact) mass is 345 g/mol. The van der Waals surface area contributed by atoms with E-state index < -0.39 is 0 Å². The van der Waals surface area contributed by atoms with Crippen molar-refractivity contribution in [2.45, 2.75) is 18.9 Å². The Balaban J connectivity index is 1.66. The van der Waals surface area contributed by atoms with E-state index in [1.54, 1.807) is 17.0 Å². The number of aromatic nitrogens is 4. The van der Waals surface area contributed by atoms with E-state index in [0.29, 0.717) is 24.8 Å². The maximum absolute atomic E-state index is 12.6. The molecule has 0 N–H and O–H groups in total. The molecule has 9 heteroatoms. The third-order valence-electron chi connectivity index (χ3n) is 3.96. The molecule has 132 valence electrons. The molecule has 1 aliphatic rings. The minimum absolute atomic E-state index is 0.173. The standard InChI is InChI=1S/C16H19N5O4/c1-20-15(22)8-5-12(19-20)16(23)21-9-3-4-11(10-21)25-14-7-6-13(24-2)17-18-14/h5-8,11H,3-4,9-10H2,1-2H3. The Kier molecular flexibility index (Phi) is 4.92. The highest BCUT2D eigenvalue weighted by atomic mass is 16.5. The van der Waals surface area contributed by atoms with Crippen LogP contribution in [-0.2, 0) is 7.05 Å². The summed E-state index contributed by atoms with van der Waals surface area (Å²) in [6, 6.07) is 6.14. The topological polar surface area (TPSA) is 99.4 Å². The molecule has 0 aromatic carbocycles.